The van der Waals surface area contributed by atoms with Crippen molar-refractivity contribution in [1.82, 2.24) is 9.97 Å². The number of pyridine rings is 2. The first-order valence-electron chi connectivity index (χ1n) is 19.2. The van der Waals surface area contributed by atoms with E-state index in [1.165, 1.54) is 36.9 Å². The number of methoxy groups -OCH3 is 1. The van der Waals surface area contributed by atoms with Crippen LogP contribution in [0.15, 0.2) is 218 Å². The summed E-state index contributed by atoms with van der Waals surface area (Å²) in [6.07, 6.45) is 5.19. The monoisotopic (exact) mass is 933 g/mol. The first-order chi connectivity index (χ1) is 29.9. The molecule has 2 aromatic heterocycles. The van der Waals surface area contributed by atoms with Crippen LogP contribution in [0.3, 0.4) is 0 Å². The van der Waals surface area contributed by atoms with Crippen LogP contribution in [-0.2, 0) is 43.7 Å². The minimum atomic E-state index is -3.86. The SMILES string of the molecule is COc1ccc(S(=O)(=O)[N-]c2cccc3ccc4cccnc4c23)cc1.Fc1cccc(OCc2ccccc2)c1.[Pd+2].[c-]1cccc(OCc2ccccc2)c1.c1ccncc1. The molecule has 7 aromatic carbocycles. The Balaban J connectivity index is 0.000000172. The van der Waals surface area contributed by atoms with Crippen molar-refractivity contribution in [2.45, 2.75) is 18.1 Å². The molecule has 0 aliphatic carbocycles. The standard InChI is InChI=1S/C20H15N2O3S.C13H11FO.C13H11O.C5H5N.Pd/c1-25-16-9-11-17(12-10-16)26(23,24)22-18-6-2-4-14-7-8-15-5-3-13-21-20(15)19(14)18;14-12-7-4-8-13(9-12)15-10-11-5-2-1-3-6-11;1-3-7-12(8-4-1)11-14-13-9-5-2-6-10-13;1-2-4-6-5-3-1;/h2-13H,1H3;1-9H,10H2;1-5,7-10H,11H2;1-5H;/q-1;;-1;;+2. The van der Waals surface area contributed by atoms with Gasteiger partial charge in [0.1, 0.15) is 33.9 Å². The summed E-state index contributed by atoms with van der Waals surface area (Å²) in [5, 5.41) is 2.55. The van der Waals surface area contributed by atoms with E-state index in [0.717, 1.165) is 33.0 Å². The van der Waals surface area contributed by atoms with Gasteiger partial charge >= 0.3 is 20.4 Å². The van der Waals surface area contributed by atoms with Gasteiger partial charge in [-0.05, 0) is 76.5 Å². The summed E-state index contributed by atoms with van der Waals surface area (Å²) in [7, 11) is -2.33. The fourth-order valence-electron chi connectivity index (χ4n) is 5.72. The summed E-state index contributed by atoms with van der Waals surface area (Å²) in [5.74, 6) is 1.72. The quantitative estimate of drug-likeness (QED) is 0.0764. The summed E-state index contributed by atoms with van der Waals surface area (Å²) in [4.78, 5) is 8.32. The molecule has 0 saturated heterocycles. The van der Waals surface area contributed by atoms with Crippen molar-refractivity contribution < 1.29 is 47.4 Å². The number of halogens is 1. The maximum absolute atomic E-state index is 12.8. The molecule has 0 spiro atoms. The molecule has 0 aliphatic heterocycles. The summed E-state index contributed by atoms with van der Waals surface area (Å²) in [6.45, 7) is 1.07. The van der Waals surface area contributed by atoms with Crippen LogP contribution in [0.25, 0.3) is 26.4 Å². The van der Waals surface area contributed by atoms with Gasteiger partial charge in [0, 0.05) is 35.8 Å². The van der Waals surface area contributed by atoms with E-state index in [4.69, 9.17) is 14.2 Å². The van der Waals surface area contributed by atoms with Crippen molar-refractivity contribution in [2.24, 2.45) is 0 Å². The third kappa shape index (κ3) is 14.4. The summed E-state index contributed by atoms with van der Waals surface area (Å²) >= 11 is 0. The van der Waals surface area contributed by atoms with Gasteiger partial charge in [-0.3, -0.25) is 9.97 Å². The topological polar surface area (TPSA) is 102 Å². The largest absolute Gasteiger partial charge is 2.00 e. The third-order valence-electron chi connectivity index (χ3n) is 8.71. The van der Waals surface area contributed by atoms with Crippen molar-refractivity contribution in [1.29, 1.82) is 0 Å². The molecule has 2 heterocycles. The molecule has 0 unspecified atom stereocenters. The summed E-state index contributed by atoms with van der Waals surface area (Å²) in [5.41, 5.74) is 3.36. The third-order valence-corrected chi connectivity index (χ3v) is 10.0. The molecular weight excluding hydrogens is 892 g/mol. The molecule has 0 aliphatic rings. The zero-order valence-electron chi connectivity index (χ0n) is 33.6. The molecule has 0 saturated carbocycles. The Morgan fingerprint density at radius 1 is 0.597 bits per heavy atom. The number of sulfonamides is 1. The molecule has 0 amide bonds. The number of benzene rings is 7. The Bertz CT molecular complexity index is 2730. The molecule has 9 rings (SSSR count). The number of ether oxygens (including phenoxy) is 3. The molecule has 314 valence electrons. The minimum absolute atomic E-state index is 0. The Labute approximate surface area is 375 Å². The van der Waals surface area contributed by atoms with Crippen LogP contribution in [0, 0.1) is 11.9 Å². The molecular formula is C51H42FN3O5PdS. The number of aromatic nitrogens is 2. The second-order valence-corrected chi connectivity index (χ2v) is 14.6. The van der Waals surface area contributed by atoms with Crippen LogP contribution < -0.4 is 14.2 Å². The van der Waals surface area contributed by atoms with E-state index in [9.17, 15) is 12.8 Å². The molecule has 62 heavy (non-hydrogen) atoms. The molecule has 9 aromatic rings. The molecule has 0 N–H and O–H groups in total. The Hall–Kier alpha value is -6.90. The van der Waals surface area contributed by atoms with E-state index in [1.54, 1.807) is 55.0 Å². The predicted molar refractivity (Wildman–Crippen MR) is 240 cm³/mol. The first kappa shape index (κ1) is 46.2. The predicted octanol–water partition coefficient (Wildman–Crippen LogP) is 12.3. The van der Waals surface area contributed by atoms with Crippen LogP contribution in [0.1, 0.15) is 11.1 Å². The van der Waals surface area contributed by atoms with Gasteiger partial charge in [-0.25, -0.2) is 12.8 Å². The van der Waals surface area contributed by atoms with Crippen LogP contribution >= 0.6 is 0 Å². The Morgan fingerprint density at radius 2 is 1.21 bits per heavy atom. The smallest absolute Gasteiger partial charge is 0.572 e. The fourth-order valence-corrected chi connectivity index (χ4v) is 6.72. The van der Waals surface area contributed by atoms with Crippen molar-refractivity contribution in [3.63, 3.8) is 0 Å². The Kier molecular flexibility index (Phi) is 18.2. The summed E-state index contributed by atoms with van der Waals surface area (Å²) in [6, 6.07) is 61.6. The van der Waals surface area contributed by atoms with Gasteiger partial charge in [0.25, 0.3) is 0 Å². The molecule has 0 fully saturated rings. The minimum Gasteiger partial charge on any atom is -0.572 e. The Morgan fingerprint density at radius 3 is 1.81 bits per heavy atom. The number of rotatable bonds is 10. The van der Waals surface area contributed by atoms with Crippen LogP contribution in [0.4, 0.5) is 10.1 Å². The number of fused-ring (bicyclic) bond motifs is 3. The first-order valence-corrected chi connectivity index (χ1v) is 20.6. The fraction of sp³-hybridized carbons (Fsp3) is 0.0588. The van der Waals surface area contributed by atoms with Crippen molar-refractivity contribution in [3.05, 3.63) is 240 Å². The molecule has 0 bridgehead atoms. The second kappa shape index (κ2) is 24.4. The van der Waals surface area contributed by atoms with Gasteiger partial charge < -0.3 is 18.9 Å². The van der Waals surface area contributed by atoms with Gasteiger partial charge in [-0.2, -0.15) is 18.2 Å². The van der Waals surface area contributed by atoms with Crippen LogP contribution in [0.5, 0.6) is 17.2 Å². The average Bonchev–Trinajstić information content (AvgIpc) is 3.32. The van der Waals surface area contributed by atoms with E-state index in [0.29, 0.717) is 30.4 Å². The normalized spacial score (nSPS) is 10.2. The molecule has 8 nitrogen and oxygen atoms in total. The van der Waals surface area contributed by atoms with Crippen LogP contribution in [-0.4, -0.2) is 25.5 Å². The number of hydrogen-bond acceptors (Lipinski definition) is 7. The number of hydrogen-bond donors (Lipinski definition) is 0. The van der Waals surface area contributed by atoms with Crippen molar-refractivity contribution in [3.8, 4) is 17.2 Å². The van der Waals surface area contributed by atoms with Crippen LogP contribution in [0.2, 0.25) is 0 Å². The maximum atomic E-state index is 12.8. The van der Waals surface area contributed by atoms with Crippen molar-refractivity contribution in [2.75, 3.05) is 7.11 Å². The zero-order valence-corrected chi connectivity index (χ0v) is 36.0. The number of nitrogens with zero attached hydrogens (tertiary/aromatic N) is 3. The van der Waals surface area contributed by atoms with Gasteiger partial charge in [0.05, 0.1) is 24.1 Å². The summed E-state index contributed by atoms with van der Waals surface area (Å²) < 4.78 is 58.5. The second-order valence-electron chi connectivity index (χ2n) is 13.0. The molecule has 0 atom stereocenters. The van der Waals surface area contributed by atoms with E-state index < -0.39 is 10.0 Å². The zero-order chi connectivity index (χ0) is 42.5. The van der Waals surface area contributed by atoms with Gasteiger partial charge in [-0.15, -0.1) is 17.8 Å². The van der Waals surface area contributed by atoms with Gasteiger partial charge in [0.15, 0.2) is 0 Å². The maximum Gasteiger partial charge on any atom is 2.00 e. The van der Waals surface area contributed by atoms with Gasteiger partial charge in [-0.1, -0.05) is 109 Å². The van der Waals surface area contributed by atoms with E-state index in [1.807, 2.05) is 133 Å². The molecule has 11 heteroatoms. The van der Waals surface area contributed by atoms with E-state index in [-0.39, 0.29) is 31.1 Å². The molecule has 0 radical (unpaired) electrons. The van der Waals surface area contributed by atoms with E-state index >= 15 is 0 Å². The van der Waals surface area contributed by atoms with Crippen molar-refractivity contribution >= 4 is 37.4 Å². The van der Waals surface area contributed by atoms with Gasteiger partial charge in [0.2, 0.25) is 0 Å². The average molecular weight is 934 g/mol. The van der Waals surface area contributed by atoms with E-state index in [2.05, 4.69) is 20.8 Å².